The number of carbonyl (C=O) groups excluding carboxylic acids is 1. The molecule has 3 aromatic rings. The second kappa shape index (κ2) is 11.4. The van der Waals surface area contributed by atoms with Gasteiger partial charge in [0.15, 0.2) is 11.6 Å². The van der Waals surface area contributed by atoms with Crippen LogP contribution in [-0.2, 0) is 4.74 Å². The zero-order chi connectivity index (χ0) is 25.8. The fraction of sp³-hybridized carbons (Fsp3) is 0.370. The normalized spacial score (nSPS) is 18.5. The van der Waals surface area contributed by atoms with Crippen LogP contribution in [0.1, 0.15) is 19.8 Å². The van der Waals surface area contributed by atoms with Gasteiger partial charge in [0.05, 0.1) is 25.9 Å². The van der Waals surface area contributed by atoms with Crippen molar-refractivity contribution in [1.82, 2.24) is 20.3 Å². The molecule has 9 nitrogen and oxygen atoms in total. The highest BCUT2D eigenvalue weighted by Crippen LogP contribution is 2.34. The van der Waals surface area contributed by atoms with Gasteiger partial charge in [0.25, 0.3) is 0 Å². The van der Waals surface area contributed by atoms with Crippen molar-refractivity contribution in [3.8, 4) is 22.8 Å². The number of aromatic nitrogens is 3. The third kappa shape index (κ3) is 5.98. The number of hydrogen-bond acceptors (Lipinski definition) is 7. The Kier molecular flexibility index (Phi) is 7.78. The molecule has 0 radical (unpaired) electrons. The number of anilines is 2. The number of carbonyl (C=O) groups is 1. The van der Waals surface area contributed by atoms with E-state index in [0.717, 1.165) is 28.9 Å². The summed E-state index contributed by atoms with van der Waals surface area (Å²) in [5.74, 6) is 1.63. The molecule has 1 saturated heterocycles. The van der Waals surface area contributed by atoms with Crippen LogP contribution in [0.15, 0.2) is 53.4 Å². The van der Waals surface area contributed by atoms with E-state index in [2.05, 4.69) is 35.2 Å². The van der Waals surface area contributed by atoms with Gasteiger partial charge in [-0.15, -0.1) is 0 Å². The summed E-state index contributed by atoms with van der Waals surface area (Å²) in [6.07, 6.45) is 4.25. The predicted molar refractivity (Wildman–Crippen MR) is 148 cm³/mol. The number of morpholine rings is 1. The molecular formula is C27H32N6O3S. The smallest absolute Gasteiger partial charge is 0.319 e. The van der Waals surface area contributed by atoms with Crippen LogP contribution in [0.3, 0.4) is 0 Å². The van der Waals surface area contributed by atoms with Crippen molar-refractivity contribution in [2.45, 2.75) is 36.7 Å². The topological polar surface area (TPSA) is 112 Å². The fourth-order valence-electron chi connectivity index (χ4n) is 4.15. The minimum Gasteiger partial charge on any atom is -0.394 e. The van der Waals surface area contributed by atoms with Crippen LogP contribution in [0.25, 0.3) is 22.8 Å². The monoisotopic (exact) mass is 520 g/mol. The summed E-state index contributed by atoms with van der Waals surface area (Å²) in [5, 5.41) is 17.9. The highest BCUT2D eigenvalue weighted by atomic mass is 32.2. The van der Waals surface area contributed by atoms with Gasteiger partial charge in [-0.25, -0.2) is 9.78 Å². The first kappa shape index (κ1) is 25.3. The Hall–Kier alpha value is -3.34. The van der Waals surface area contributed by atoms with Gasteiger partial charge in [0.2, 0.25) is 5.95 Å². The minimum atomic E-state index is -0.228. The molecule has 0 bridgehead atoms. The second-order valence-electron chi connectivity index (χ2n) is 9.13. The van der Waals surface area contributed by atoms with Gasteiger partial charge in [-0.1, -0.05) is 23.6 Å². The molecular weight excluding hydrogens is 488 g/mol. The van der Waals surface area contributed by atoms with Crippen LogP contribution < -0.4 is 15.5 Å². The zero-order valence-corrected chi connectivity index (χ0v) is 21.9. The number of hydrogen-bond donors (Lipinski definition) is 3. The van der Waals surface area contributed by atoms with Crippen molar-refractivity contribution in [1.29, 1.82) is 0 Å². The number of amides is 2. The van der Waals surface area contributed by atoms with E-state index in [1.54, 1.807) is 0 Å². The van der Waals surface area contributed by atoms with Gasteiger partial charge in [-0.3, -0.25) is 0 Å². The largest absolute Gasteiger partial charge is 0.394 e. The molecule has 194 valence electrons. The molecule has 5 rings (SSSR count). The van der Waals surface area contributed by atoms with E-state index in [0.29, 0.717) is 49.1 Å². The summed E-state index contributed by atoms with van der Waals surface area (Å²) in [5.41, 5.74) is 2.46. The molecule has 1 aliphatic heterocycles. The summed E-state index contributed by atoms with van der Waals surface area (Å²) < 4.78 is 5.58. The average molecular weight is 521 g/mol. The highest BCUT2D eigenvalue weighted by Gasteiger charge is 2.27. The molecule has 1 aromatic heterocycles. The molecule has 1 aliphatic carbocycles. The Balaban J connectivity index is 1.53. The maximum atomic E-state index is 12.1. The minimum absolute atomic E-state index is 0.0561. The first-order chi connectivity index (χ1) is 18.1. The van der Waals surface area contributed by atoms with Crippen molar-refractivity contribution in [3.63, 3.8) is 0 Å². The molecule has 2 unspecified atom stereocenters. The Labute approximate surface area is 219 Å². The maximum absolute atomic E-state index is 12.1. The molecule has 1 saturated carbocycles. The van der Waals surface area contributed by atoms with Crippen molar-refractivity contribution in [2.24, 2.45) is 0 Å². The van der Waals surface area contributed by atoms with Crippen molar-refractivity contribution >= 4 is 33.5 Å². The van der Waals surface area contributed by atoms with Gasteiger partial charge in [-0.2, -0.15) is 20.5 Å². The lowest BCUT2D eigenvalue weighted by molar-refractivity contribution is 0.0718. The molecule has 2 aromatic carbocycles. The third-order valence-corrected chi connectivity index (χ3v) is 8.22. The number of aliphatic hydroxyl groups is 1. The lowest BCUT2D eigenvalue weighted by Gasteiger charge is -2.34. The van der Waals surface area contributed by atoms with E-state index in [1.165, 1.54) is 0 Å². The predicted octanol–water partition coefficient (Wildman–Crippen LogP) is 3.77. The maximum Gasteiger partial charge on any atom is 0.319 e. The molecule has 2 amide bonds. The quantitative estimate of drug-likeness (QED) is 0.407. The lowest BCUT2D eigenvalue weighted by atomic mass is 10.1. The van der Waals surface area contributed by atoms with Crippen LogP contribution in [0.5, 0.6) is 0 Å². The number of urea groups is 1. The van der Waals surface area contributed by atoms with Crippen molar-refractivity contribution in [3.05, 3.63) is 48.5 Å². The SMILES string of the molecule is C/C=S(\C)c1ccccc1-c1nc(-c2ccc(NC(=O)NC3CC3)cc2)nc(N2CCOCC2CO)n1. The van der Waals surface area contributed by atoms with Crippen LogP contribution in [0.2, 0.25) is 0 Å². The average Bonchev–Trinajstić information content (AvgIpc) is 3.76. The van der Waals surface area contributed by atoms with Crippen LogP contribution >= 0.6 is 10.5 Å². The standard InChI is InChI=1S/C27H32N6O3S/c1-3-37(2)23-7-5-4-6-22(23)25-30-24(31-26(32-25)33-14-15-36-17-21(33)16-34)18-8-10-19(11-9-18)28-27(35)29-20-12-13-20/h3-11,20-21,34H,12-17H2,1-2H3,(H2,28,29,35). The van der Waals surface area contributed by atoms with Gasteiger partial charge >= 0.3 is 6.03 Å². The molecule has 37 heavy (non-hydrogen) atoms. The first-order valence-electron chi connectivity index (χ1n) is 12.5. The number of benzene rings is 2. The number of nitrogens with one attached hydrogen (secondary N) is 2. The van der Waals surface area contributed by atoms with Crippen LogP contribution in [0, 0.1) is 0 Å². The van der Waals surface area contributed by atoms with Crippen molar-refractivity contribution in [2.75, 3.05) is 42.8 Å². The van der Waals surface area contributed by atoms with Crippen LogP contribution in [-0.4, -0.2) is 76.2 Å². The lowest BCUT2D eigenvalue weighted by Crippen LogP contribution is -2.48. The molecule has 0 spiro atoms. The third-order valence-electron chi connectivity index (χ3n) is 6.46. The number of aliphatic hydroxyl groups excluding tert-OH is 1. The molecule has 10 heteroatoms. The first-order valence-corrected chi connectivity index (χ1v) is 14.2. The Morgan fingerprint density at radius 1 is 1.14 bits per heavy atom. The van der Waals surface area contributed by atoms with Gasteiger partial charge in [0.1, 0.15) is 0 Å². The van der Waals surface area contributed by atoms with Crippen LogP contribution in [0.4, 0.5) is 16.4 Å². The summed E-state index contributed by atoms with van der Waals surface area (Å²) in [7, 11) is -0.0776. The van der Waals surface area contributed by atoms with E-state index in [4.69, 9.17) is 19.7 Å². The number of rotatable bonds is 7. The van der Waals surface area contributed by atoms with E-state index >= 15 is 0 Å². The molecule has 2 fully saturated rings. The molecule has 2 heterocycles. The zero-order valence-electron chi connectivity index (χ0n) is 21.1. The van der Waals surface area contributed by atoms with Gasteiger partial charge < -0.3 is 25.4 Å². The fourth-order valence-corrected chi connectivity index (χ4v) is 5.21. The van der Waals surface area contributed by atoms with Gasteiger partial charge in [0, 0.05) is 34.3 Å². The van der Waals surface area contributed by atoms with E-state index in [9.17, 15) is 9.90 Å². The Morgan fingerprint density at radius 3 is 2.62 bits per heavy atom. The molecule has 3 N–H and O–H groups in total. The highest BCUT2D eigenvalue weighted by molar-refractivity contribution is 8.14. The van der Waals surface area contributed by atoms with Gasteiger partial charge in [-0.05, 0) is 56.4 Å². The molecule has 2 aliphatic rings. The number of ether oxygens (including phenoxy) is 1. The number of nitrogens with zero attached hydrogens (tertiary/aromatic N) is 4. The van der Waals surface area contributed by atoms with E-state index in [1.807, 2.05) is 47.4 Å². The summed E-state index contributed by atoms with van der Waals surface area (Å²) in [4.78, 5) is 29.9. The summed E-state index contributed by atoms with van der Waals surface area (Å²) in [6, 6.07) is 15.5. The second-order valence-corrected chi connectivity index (χ2v) is 11.2. The van der Waals surface area contributed by atoms with Crippen molar-refractivity contribution < 1.29 is 14.6 Å². The van der Waals surface area contributed by atoms with E-state index < -0.39 is 0 Å². The summed E-state index contributed by atoms with van der Waals surface area (Å²) in [6.45, 7) is 3.53. The Bertz CT molecular complexity index is 1300. The Morgan fingerprint density at radius 2 is 1.89 bits per heavy atom. The summed E-state index contributed by atoms with van der Waals surface area (Å²) >= 11 is 0. The molecule has 2 atom stereocenters. The van der Waals surface area contributed by atoms with E-state index in [-0.39, 0.29) is 29.2 Å².